The Morgan fingerprint density at radius 1 is 1.00 bits per heavy atom. The van der Waals surface area contributed by atoms with Crippen molar-refractivity contribution in [3.63, 3.8) is 0 Å². The molecule has 1 unspecified atom stereocenters. The molecule has 8 heteroatoms. The summed E-state index contributed by atoms with van der Waals surface area (Å²) in [5, 5.41) is 10.4. The SMILES string of the molecule is CC(C)OC(=O)CCc1ccccc1OCCC(O)/C=C/c1cccc(NS(=O)(=O)c2ccccc2)c1. The molecule has 0 aromatic heterocycles. The molecule has 196 valence electrons. The molecule has 0 aliphatic heterocycles. The van der Waals surface area contributed by atoms with Crippen LogP contribution in [-0.4, -0.2) is 38.3 Å². The minimum absolute atomic E-state index is 0.144. The number of aryl methyl sites for hydroxylation is 1. The molecule has 0 aliphatic carbocycles. The molecule has 1 atom stereocenters. The van der Waals surface area contributed by atoms with Gasteiger partial charge in [-0.1, -0.05) is 60.7 Å². The molecule has 0 fully saturated rings. The minimum atomic E-state index is -3.68. The van der Waals surface area contributed by atoms with Crippen molar-refractivity contribution in [2.75, 3.05) is 11.3 Å². The van der Waals surface area contributed by atoms with Crippen LogP contribution in [-0.2, 0) is 26.0 Å². The zero-order valence-electron chi connectivity index (χ0n) is 21.0. The van der Waals surface area contributed by atoms with Gasteiger partial charge in [-0.15, -0.1) is 0 Å². The van der Waals surface area contributed by atoms with Gasteiger partial charge >= 0.3 is 5.97 Å². The first-order chi connectivity index (χ1) is 17.7. The highest BCUT2D eigenvalue weighted by atomic mass is 32.2. The van der Waals surface area contributed by atoms with Gasteiger partial charge in [-0.05, 0) is 61.7 Å². The fraction of sp³-hybridized carbons (Fsp3) is 0.276. The van der Waals surface area contributed by atoms with Crippen molar-refractivity contribution >= 4 is 27.8 Å². The topological polar surface area (TPSA) is 102 Å². The van der Waals surface area contributed by atoms with E-state index in [4.69, 9.17) is 9.47 Å². The maximum Gasteiger partial charge on any atom is 0.306 e. The Hall–Kier alpha value is -3.62. The van der Waals surface area contributed by atoms with Crippen molar-refractivity contribution in [1.29, 1.82) is 0 Å². The van der Waals surface area contributed by atoms with Gasteiger partial charge in [0.05, 0.1) is 23.7 Å². The lowest BCUT2D eigenvalue weighted by Crippen LogP contribution is -2.13. The highest BCUT2D eigenvalue weighted by Crippen LogP contribution is 2.21. The molecule has 3 aromatic carbocycles. The lowest BCUT2D eigenvalue weighted by Gasteiger charge is -2.13. The Balaban J connectivity index is 1.51. The Morgan fingerprint density at radius 2 is 1.73 bits per heavy atom. The van der Waals surface area contributed by atoms with E-state index >= 15 is 0 Å². The zero-order chi connectivity index (χ0) is 26.7. The van der Waals surface area contributed by atoms with Crippen LogP contribution in [0.3, 0.4) is 0 Å². The van der Waals surface area contributed by atoms with Crippen molar-refractivity contribution < 1.29 is 27.8 Å². The molecule has 0 saturated heterocycles. The summed E-state index contributed by atoms with van der Waals surface area (Å²) in [5.74, 6) is 0.428. The van der Waals surface area contributed by atoms with Gasteiger partial charge in [-0.2, -0.15) is 0 Å². The van der Waals surface area contributed by atoms with Gasteiger partial charge < -0.3 is 14.6 Å². The second-order valence-corrected chi connectivity index (χ2v) is 10.4. The van der Waals surface area contributed by atoms with Crippen molar-refractivity contribution in [2.24, 2.45) is 0 Å². The number of hydrogen-bond acceptors (Lipinski definition) is 6. The quantitative estimate of drug-likeness (QED) is 0.298. The number of carbonyl (C=O) groups is 1. The molecular formula is C29H33NO6S. The van der Waals surface area contributed by atoms with Gasteiger partial charge in [-0.3, -0.25) is 9.52 Å². The number of anilines is 1. The van der Waals surface area contributed by atoms with Crippen LogP contribution in [0.25, 0.3) is 6.08 Å². The maximum atomic E-state index is 12.5. The Kier molecular flexibility index (Phi) is 10.3. The monoisotopic (exact) mass is 523 g/mol. The summed E-state index contributed by atoms with van der Waals surface area (Å²) in [7, 11) is -3.68. The van der Waals surface area contributed by atoms with Crippen LogP contribution in [0.15, 0.2) is 89.8 Å². The van der Waals surface area contributed by atoms with Crippen molar-refractivity contribution in [2.45, 2.75) is 50.2 Å². The van der Waals surface area contributed by atoms with Crippen LogP contribution in [0.4, 0.5) is 5.69 Å². The first-order valence-electron chi connectivity index (χ1n) is 12.2. The van der Waals surface area contributed by atoms with E-state index in [1.54, 1.807) is 48.6 Å². The number of benzene rings is 3. The average molecular weight is 524 g/mol. The van der Waals surface area contributed by atoms with E-state index in [1.165, 1.54) is 12.1 Å². The summed E-state index contributed by atoms with van der Waals surface area (Å²) in [6.45, 7) is 3.92. The van der Waals surface area contributed by atoms with Gasteiger partial charge in [0, 0.05) is 18.5 Å². The van der Waals surface area contributed by atoms with E-state index in [0.717, 1.165) is 11.1 Å². The third-order valence-electron chi connectivity index (χ3n) is 5.31. The van der Waals surface area contributed by atoms with Gasteiger partial charge in [0.25, 0.3) is 10.0 Å². The van der Waals surface area contributed by atoms with Gasteiger partial charge in [0.2, 0.25) is 0 Å². The van der Waals surface area contributed by atoms with Crippen LogP contribution in [0.5, 0.6) is 5.75 Å². The highest BCUT2D eigenvalue weighted by Gasteiger charge is 2.13. The summed E-state index contributed by atoms with van der Waals surface area (Å²) in [5.41, 5.74) is 2.08. The Labute approximate surface area is 218 Å². The molecule has 2 N–H and O–H groups in total. The second-order valence-electron chi connectivity index (χ2n) is 8.75. The fourth-order valence-corrected chi connectivity index (χ4v) is 4.61. The summed E-state index contributed by atoms with van der Waals surface area (Å²) in [4.78, 5) is 12.0. The molecule has 0 radical (unpaired) electrons. The summed E-state index contributed by atoms with van der Waals surface area (Å²) in [6.07, 6.45) is 3.62. The average Bonchev–Trinajstić information content (AvgIpc) is 2.87. The summed E-state index contributed by atoms with van der Waals surface area (Å²) >= 11 is 0. The molecular weight excluding hydrogens is 490 g/mol. The maximum absolute atomic E-state index is 12.5. The van der Waals surface area contributed by atoms with Crippen LogP contribution >= 0.6 is 0 Å². The molecule has 0 aliphatic rings. The van der Waals surface area contributed by atoms with Crippen molar-refractivity contribution in [3.8, 4) is 5.75 Å². The van der Waals surface area contributed by atoms with Gasteiger partial charge in [0.15, 0.2) is 0 Å². The number of nitrogens with one attached hydrogen (secondary N) is 1. The lowest BCUT2D eigenvalue weighted by atomic mass is 10.1. The lowest BCUT2D eigenvalue weighted by molar-refractivity contribution is -0.147. The third-order valence-corrected chi connectivity index (χ3v) is 6.71. The van der Waals surface area contributed by atoms with E-state index in [2.05, 4.69) is 4.72 Å². The van der Waals surface area contributed by atoms with Crippen LogP contribution < -0.4 is 9.46 Å². The molecule has 3 rings (SSSR count). The van der Waals surface area contributed by atoms with Gasteiger partial charge in [0.1, 0.15) is 5.75 Å². The normalized spacial score (nSPS) is 12.4. The Bertz CT molecular complexity index is 1290. The molecule has 7 nitrogen and oxygen atoms in total. The molecule has 0 amide bonds. The number of rotatable bonds is 13. The van der Waals surface area contributed by atoms with Crippen molar-refractivity contribution in [3.05, 3.63) is 96.1 Å². The van der Waals surface area contributed by atoms with E-state index < -0.39 is 16.1 Å². The molecule has 3 aromatic rings. The third kappa shape index (κ3) is 9.40. The molecule has 0 spiro atoms. The van der Waals surface area contributed by atoms with Crippen LogP contribution in [0.2, 0.25) is 0 Å². The molecule has 0 bridgehead atoms. The second kappa shape index (κ2) is 13.6. The predicted octanol–water partition coefficient (Wildman–Crippen LogP) is 5.21. The van der Waals surface area contributed by atoms with Crippen LogP contribution in [0, 0.1) is 0 Å². The van der Waals surface area contributed by atoms with E-state index in [1.807, 2.05) is 44.2 Å². The Morgan fingerprint density at radius 3 is 2.49 bits per heavy atom. The standard InChI is InChI=1S/C29H33NO6S/c1-22(2)36-29(32)18-16-24-10-6-7-14-28(24)35-20-19-26(31)17-15-23-9-8-11-25(21-23)30-37(33,34)27-12-4-3-5-13-27/h3-15,17,21-22,26,30-31H,16,18-20H2,1-2H3/b17-15+. The zero-order valence-corrected chi connectivity index (χ0v) is 21.9. The first-order valence-corrected chi connectivity index (χ1v) is 13.7. The summed E-state index contributed by atoms with van der Waals surface area (Å²) < 4.78 is 38.7. The largest absolute Gasteiger partial charge is 0.493 e. The molecule has 0 saturated carbocycles. The van der Waals surface area contributed by atoms with E-state index in [-0.39, 0.29) is 30.0 Å². The summed E-state index contributed by atoms with van der Waals surface area (Å²) in [6, 6.07) is 22.6. The number of carbonyl (C=O) groups excluding carboxylic acids is 1. The van der Waals surface area contributed by atoms with E-state index in [0.29, 0.717) is 24.3 Å². The van der Waals surface area contributed by atoms with Crippen molar-refractivity contribution in [1.82, 2.24) is 0 Å². The predicted molar refractivity (Wildman–Crippen MR) is 145 cm³/mol. The number of hydrogen-bond donors (Lipinski definition) is 2. The number of ether oxygens (including phenoxy) is 2. The highest BCUT2D eigenvalue weighted by molar-refractivity contribution is 7.92. The molecule has 37 heavy (non-hydrogen) atoms. The van der Waals surface area contributed by atoms with Gasteiger partial charge in [-0.25, -0.2) is 8.42 Å². The van der Waals surface area contributed by atoms with E-state index in [9.17, 15) is 18.3 Å². The smallest absolute Gasteiger partial charge is 0.306 e. The number of esters is 1. The number of aliphatic hydroxyl groups is 1. The number of sulfonamides is 1. The number of aliphatic hydroxyl groups excluding tert-OH is 1. The molecule has 0 heterocycles. The first kappa shape index (κ1) is 28.0. The minimum Gasteiger partial charge on any atom is -0.493 e. The fourth-order valence-electron chi connectivity index (χ4n) is 3.54. The number of para-hydroxylation sites is 1. The van der Waals surface area contributed by atoms with Crippen LogP contribution in [0.1, 0.15) is 37.8 Å².